The van der Waals surface area contributed by atoms with E-state index in [4.69, 9.17) is 8.94 Å². The maximum absolute atomic E-state index is 5.50. The minimum absolute atomic E-state index is 0.403. The molecule has 0 bridgehead atoms. The van der Waals surface area contributed by atoms with Gasteiger partial charge in [0, 0.05) is 10.8 Å². The molecule has 1 fully saturated rings. The summed E-state index contributed by atoms with van der Waals surface area (Å²) in [5.74, 6) is 2.35. The molecule has 0 saturated heterocycles. The van der Waals surface area contributed by atoms with Crippen LogP contribution >= 0.6 is 11.3 Å². The molecule has 3 aromatic rings. The predicted molar refractivity (Wildman–Crippen MR) is 75.0 cm³/mol. The molecule has 1 saturated carbocycles. The summed E-state index contributed by atoms with van der Waals surface area (Å²) in [4.78, 5) is 5.53. The molecule has 0 radical (unpaired) electrons. The van der Waals surface area contributed by atoms with Crippen molar-refractivity contribution < 1.29 is 8.94 Å². The summed E-state index contributed by atoms with van der Waals surface area (Å²) < 4.78 is 10.7. The molecule has 3 heterocycles. The maximum atomic E-state index is 5.50. The van der Waals surface area contributed by atoms with Gasteiger partial charge in [0.2, 0.25) is 11.8 Å². The number of nitrogens with zero attached hydrogens (tertiary/aromatic N) is 4. The molecule has 1 aliphatic carbocycles. The van der Waals surface area contributed by atoms with E-state index in [1.54, 1.807) is 11.3 Å². The molecule has 1 aliphatic rings. The highest BCUT2D eigenvalue weighted by molar-refractivity contribution is 7.09. The van der Waals surface area contributed by atoms with Crippen LogP contribution in [0.2, 0.25) is 0 Å². The number of anilines is 1. The van der Waals surface area contributed by atoms with Crippen molar-refractivity contribution in [1.29, 1.82) is 0 Å². The first-order chi connectivity index (χ1) is 10.4. The Kier molecular flexibility index (Phi) is 3.15. The molecular weight excluding hydrogens is 290 g/mol. The number of nitrogens with one attached hydrogen (secondary N) is 1. The number of thiophene rings is 1. The van der Waals surface area contributed by atoms with E-state index < -0.39 is 0 Å². The van der Waals surface area contributed by atoms with Crippen LogP contribution in [-0.2, 0) is 13.0 Å². The second-order valence-corrected chi connectivity index (χ2v) is 5.97. The molecule has 0 unspecified atom stereocenters. The van der Waals surface area contributed by atoms with Crippen molar-refractivity contribution in [3.05, 3.63) is 40.0 Å². The molecule has 0 aromatic carbocycles. The Morgan fingerprint density at radius 1 is 1.33 bits per heavy atom. The van der Waals surface area contributed by atoms with E-state index >= 15 is 0 Å². The Hall–Kier alpha value is -2.22. The zero-order valence-corrected chi connectivity index (χ0v) is 12.0. The average Bonchev–Trinajstić information content (AvgIpc) is 2.94. The number of rotatable bonds is 6. The van der Waals surface area contributed by atoms with Gasteiger partial charge >= 0.3 is 6.01 Å². The topological polar surface area (TPSA) is 89.9 Å². The summed E-state index contributed by atoms with van der Waals surface area (Å²) in [6, 6.07) is 4.46. The molecule has 0 aliphatic heterocycles. The fourth-order valence-electron chi connectivity index (χ4n) is 1.95. The van der Waals surface area contributed by atoms with Gasteiger partial charge < -0.3 is 14.3 Å². The standard InChI is InChI=1S/C13H13N5O2S/c1-2-9(21-5-1)6-11-15-10(18-20-11)7-14-13-17-16-12(19-13)8-3-4-8/h1-2,5,8H,3-4,6-7H2,(H,14,17). The van der Waals surface area contributed by atoms with E-state index in [0.29, 0.717) is 42.5 Å². The van der Waals surface area contributed by atoms with Crippen LogP contribution in [0.4, 0.5) is 6.01 Å². The van der Waals surface area contributed by atoms with E-state index in [-0.39, 0.29) is 0 Å². The normalized spacial score (nSPS) is 14.5. The van der Waals surface area contributed by atoms with Crippen LogP contribution in [0.15, 0.2) is 26.5 Å². The van der Waals surface area contributed by atoms with Gasteiger partial charge in [-0.25, -0.2) is 0 Å². The van der Waals surface area contributed by atoms with E-state index in [2.05, 4.69) is 25.7 Å². The number of aromatic nitrogens is 4. The molecule has 3 aromatic heterocycles. The Balaban J connectivity index is 1.35. The Morgan fingerprint density at radius 2 is 2.29 bits per heavy atom. The van der Waals surface area contributed by atoms with Crippen LogP contribution in [0.1, 0.15) is 41.2 Å². The van der Waals surface area contributed by atoms with Gasteiger partial charge in [-0.1, -0.05) is 16.3 Å². The molecule has 8 heteroatoms. The highest BCUT2D eigenvalue weighted by Gasteiger charge is 2.29. The Morgan fingerprint density at radius 3 is 3.10 bits per heavy atom. The van der Waals surface area contributed by atoms with Gasteiger partial charge in [-0.2, -0.15) is 4.98 Å². The summed E-state index contributed by atoms with van der Waals surface area (Å²) in [6.45, 7) is 0.403. The molecular formula is C13H13N5O2S. The fourth-order valence-corrected chi connectivity index (χ4v) is 2.65. The zero-order valence-electron chi connectivity index (χ0n) is 11.2. The molecule has 21 heavy (non-hydrogen) atoms. The first-order valence-corrected chi connectivity index (χ1v) is 7.66. The average molecular weight is 303 g/mol. The smallest absolute Gasteiger partial charge is 0.315 e. The molecule has 4 rings (SSSR count). The summed E-state index contributed by atoms with van der Waals surface area (Å²) in [6.07, 6.45) is 2.94. The lowest BCUT2D eigenvalue weighted by Gasteiger charge is -1.94. The maximum Gasteiger partial charge on any atom is 0.315 e. The zero-order chi connectivity index (χ0) is 14.1. The highest BCUT2D eigenvalue weighted by Crippen LogP contribution is 2.39. The van der Waals surface area contributed by atoms with Crippen LogP contribution in [-0.4, -0.2) is 20.3 Å². The third-order valence-corrected chi connectivity index (χ3v) is 4.06. The van der Waals surface area contributed by atoms with Gasteiger partial charge in [-0.05, 0) is 24.3 Å². The van der Waals surface area contributed by atoms with E-state index in [9.17, 15) is 0 Å². The number of hydrogen-bond donors (Lipinski definition) is 1. The van der Waals surface area contributed by atoms with Gasteiger partial charge in [0.15, 0.2) is 5.82 Å². The lowest BCUT2D eigenvalue weighted by Crippen LogP contribution is -2.01. The van der Waals surface area contributed by atoms with Gasteiger partial charge in [-0.15, -0.1) is 16.4 Å². The van der Waals surface area contributed by atoms with E-state index in [0.717, 1.165) is 12.8 Å². The fraction of sp³-hybridized carbons (Fsp3) is 0.385. The van der Waals surface area contributed by atoms with Crippen molar-refractivity contribution in [1.82, 2.24) is 20.3 Å². The van der Waals surface area contributed by atoms with Gasteiger partial charge in [0.1, 0.15) is 0 Å². The van der Waals surface area contributed by atoms with Crippen molar-refractivity contribution >= 4 is 17.4 Å². The van der Waals surface area contributed by atoms with Crippen molar-refractivity contribution in [3.63, 3.8) is 0 Å². The minimum Gasteiger partial charge on any atom is -0.408 e. The molecule has 0 amide bonds. The second-order valence-electron chi connectivity index (χ2n) is 4.93. The summed E-state index contributed by atoms with van der Waals surface area (Å²) in [5, 5.41) is 16.9. The number of hydrogen-bond acceptors (Lipinski definition) is 8. The van der Waals surface area contributed by atoms with Gasteiger partial charge in [0.25, 0.3) is 0 Å². The summed E-state index contributed by atoms with van der Waals surface area (Å²) in [7, 11) is 0. The van der Waals surface area contributed by atoms with Crippen molar-refractivity contribution in [2.24, 2.45) is 0 Å². The highest BCUT2D eigenvalue weighted by atomic mass is 32.1. The minimum atomic E-state index is 0.403. The van der Waals surface area contributed by atoms with Crippen molar-refractivity contribution in [2.75, 3.05) is 5.32 Å². The molecule has 1 N–H and O–H groups in total. The molecule has 0 atom stereocenters. The summed E-state index contributed by atoms with van der Waals surface area (Å²) in [5.41, 5.74) is 0. The van der Waals surface area contributed by atoms with Crippen LogP contribution in [0.5, 0.6) is 0 Å². The first kappa shape index (κ1) is 12.5. The second kappa shape index (κ2) is 5.28. The quantitative estimate of drug-likeness (QED) is 0.748. The van der Waals surface area contributed by atoms with Crippen molar-refractivity contribution in [2.45, 2.75) is 31.7 Å². The van der Waals surface area contributed by atoms with Crippen LogP contribution < -0.4 is 5.32 Å². The van der Waals surface area contributed by atoms with Crippen LogP contribution in [0.3, 0.4) is 0 Å². The third kappa shape index (κ3) is 2.94. The molecule has 108 valence electrons. The largest absolute Gasteiger partial charge is 0.408 e. The van der Waals surface area contributed by atoms with Crippen LogP contribution in [0.25, 0.3) is 0 Å². The lowest BCUT2D eigenvalue weighted by atomic mass is 10.3. The Labute approximate surface area is 124 Å². The van der Waals surface area contributed by atoms with Crippen LogP contribution in [0, 0.1) is 0 Å². The van der Waals surface area contributed by atoms with Gasteiger partial charge in [0.05, 0.1) is 13.0 Å². The van der Waals surface area contributed by atoms with E-state index in [1.165, 1.54) is 4.88 Å². The summed E-state index contributed by atoms with van der Waals surface area (Å²) >= 11 is 1.67. The first-order valence-electron chi connectivity index (χ1n) is 6.78. The Bertz CT molecular complexity index is 717. The van der Waals surface area contributed by atoms with Gasteiger partial charge in [-0.3, -0.25) is 0 Å². The predicted octanol–water partition coefficient (Wildman–Crippen LogP) is 2.59. The van der Waals surface area contributed by atoms with Crippen molar-refractivity contribution in [3.8, 4) is 0 Å². The third-order valence-electron chi connectivity index (χ3n) is 3.18. The molecule has 0 spiro atoms. The SMILES string of the molecule is c1csc(Cc2nc(CNc3nnc(C4CC4)o3)no2)c1. The monoisotopic (exact) mass is 303 g/mol. The lowest BCUT2D eigenvalue weighted by molar-refractivity contribution is 0.380. The molecule has 7 nitrogen and oxygen atoms in total. The van der Waals surface area contributed by atoms with E-state index in [1.807, 2.05) is 17.5 Å².